The molecule has 0 bridgehead atoms. The maximum absolute atomic E-state index is 4.42. The van der Waals surface area contributed by atoms with Gasteiger partial charge in [0.2, 0.25) is 0 Å². The molecule has 90 valence electrons. The molecule has 0 fully saturated rings. The van der Waals surface area contributed by atoms with Crippen LogP contribution in [0.4, 0.5) is 0 Å². The number of nitrogens with zero attached hydrogens (tertiary/aromatic N) is 4. The first kappa shape index (κ1) is 11.1. The van der Waals surface area contributed by atoms with E-state index in [1.54, 1.807) is 17.5 Å². The minimum absolute atomic E-state index is 0.207. The first-order chi connectivity index (χ1) is 8.86. The molecule has 3 rings (SSSR count). The molecule has 5 heteroatoms. The molecule has 0 aromatic carbocycles. The number of rotatable bonds is 3. The smallest absolute Gasteiger partial charge is 0.152 e. The van der Waals surface area contributed by atoms with Crippen molar-refractivity contribution >= 4 is 11.3 Å². The zero-order valence-corrected chi connectivity index (χ0v) is 10.7. The highest BCUT2D eigenvalue weighted by Crippen LogP contribution is 2.26. The van der Waals surface area contributed by atoms with Gasteiger partial charge in [0.1, 0.15) is 0 Å². The second-order valence-corrected chi connectivity index (χ2v) is 4.87. The molecule has 3 aromatic heterocycles. The van der Waals surface area contributed by atoms with Gasteiger partial charge in [0.15, 0.2) is 5.82 Å². The molecule has 4 nitrogen and oxygen atoms in total. The van der Waals surface area contributed by atoms with Gasteiger partial charge >= 0.3 is 0 Å². The molecule has 0 radical (unpaired) electrons. The van der Waals surface area contributed by atoms with E-state index in [-0.39, 0.29) is 6.04 Å². The van der Waals surface area contributed by atoms with Crippen LogP contribution in [0.1, 0.15) is 18.5 Å². The topological polar surface area (TPSA) is 43.6 Å². The maximum atomic E-state index is 4.42. The van der Waals surface area contributed by atoms with Crippen molar-refractivity contribution in [1.82, 2.24) is 19.5 Å². The molecule has 0 N–H and O–H groups in total. The second kappa shape index (κ2) is 4.70. The first-order valence-electron chi connectivity index (χ1n) is 5.68. The van der Waals surface area contributed by atoms with Crippen molar-refractivity contribution < 1.29 is 0 Å². The molecule has 0 aliphatic carbocycles. The summed E-state index contributed by atoms with van der Waals surface area (Å²) in [6, 6.07) is 4.24. The standard InChI is InChI=1S/C13H12N4S/c1-10(11-3-2-4-14-7-11)17-6-5-16-13(17)12-8-15-9-18-12/h2-10H,1H3. The van der Waals surface area contributed by atoms with Gasteiger partial charge in [-0.15, -0.1) is 11.3 Å². The summed E-state index contributed by atoms with van der Waals surface area (Å²) in [4.78, 5) is 13.8. The first-order valence-corrected chi connectivity index (χ1v) is 6.56. The van der Waals surface area contributed by atoms with Gasteiger partial charge in [-0.05, 0) is 18.6 Å². The van der Waals surface area contributed by atoms with Gasteiger partial charge in [-0.25, -0.2) is 4.98 Å². The van der Waals surface area contributed by atoms with E-state index in [2.05, 4.69) is 32.5 Å². The van der Waals surface area contributed by atoms with Crippen LogP contribution < -0.4 is 0 Å². The number of aromatic nitrogens is 4. The monoisotopic (exact) mass is 256 g/mol. The van der Waals surface area contributed by atoms with E-state index in [0.717, 1.165) is 10.7 Å². The fraction of sp³-hybridized carbons (Fsp3) is 0.154. The third-order valence-electron chi connectivity index (χ3n) is 2.91. The van der Waals surface area contributed by atoms with Crippen molar-refractivity contribution in [2.75, 3.05) is 0 Å². The van der Waals surface area contributed by atoms with Crippen molar-refractivity contribution in [3.63, 3.8) is 0 Å². The summed E-state index contributed by atoms with van der Waals surface area (Å²) in [5, 5.41) is 0. The third-order valence-corrected chi connectivity index (χ3v) is 3.67. The number of hydrogen-bond donors (Lipinski definition) is 0. The summed E-state index contributed by atoms with van der Waals surface area (Å²) in [6.07, 6.45) is 9.34. The Labute approximate surface area is 109 Å². The molecule has 0 aliphatic rings. The zero-order valence-electron chi connectivity index (χ0n) is 9.89. The van der Waals surface area contributed by atoms with Crippen LogP contribution in [-0.2, 0) is 0 Å². The average molecular weight is 256 g/mol. The van der Waals surface area contributed by atoms with Crippen LogP contribution in [0.2, 0.25) is 0 Å². The summed E-state index contributed by atoms with van der Waals surface area (Å²) >= 11 is 1.60. The highest BCUT2D eigenvalue weighted by atomic mass is 32.1. The fourth-order valence-electron chi connectivity index (χ4n) is 1.93. The Morgan fingerprint density at radius 1 is 1.22 bits per heavy atom. The molecular formula is C13H12N4S. The Kier molecular flexibility index (Phi) is 2.90. The molecular weight excluding hydrogens is 244 g/mol. The number of pyridine rings is 1. The van der Waals surface area contributed by atoms with E-state index in [0.29, 0.717) is 0 Å². The predicted molar refractivity (Wildman–Crippen MR) is 71.4 cm³/mol. The van der Waals surface area contributed by atoms with E-state index >= 15 is 0 Å². The van der Waals surface area contributed by atoms with Crippen LogP contribution in [0.5, 0.6) is 0 Å². The van der Waals surface area contributed by atoms with Gasteiger partial charge in [0.05, 0.1) is 16.4 Å². The summed E-state index contributed by atoms with van der Waals surface area (Å²) in [6.45, 7) is 2.14. The van der Waals surface area contributed by atoms with E-state index < -0.39 is 0 Å². The lowest BCUT2D eigenvalue weighted by Gasteiger charge is -2.15. The van der Waals surface area contributed by atoms with Crippen molar-refractivity contribution in [1.29, 1.82) is 0 Å². The second-order valence-electron chi connectivity index (χ2n) is 3.99. The van der Waals surface area contributed by atoms with Crippen LogP contribution in [-0.4, -0.2) is 19.5 Å². The van der Waals surface area contributed by atoms with Gasteiger partial charge in [-0.1, -0.05) is 6.07 Å². The largest absolute Gasteiger partial charge is 0.323 e. The number of thiazole rings is 1. The Bertz CT molecular complexity index is 616. The van der Waals surface area contributed by atoms with Gasteiger partial charge in [-0.2, -0.15) is 0 Å². The summed E-state index contributed by atoms with van der Waals surface area (Å²) in [5.41, 5.74) is 2.99. The molecule has 18 heavy (non-hydrogen) atoms. The van der Waals surface area contributed by atoms with Crippen molar-refractivity contribution in [3.8, 4) is 10.7 Å². The van der Waals surface area contributed by atoms with Crippen LogP contribution in [0.3, 0.4) is 0 Å². The number of hydrogen-bond acceptors (Lipinski definition) is 4. The zero-order chi connectivity index (χ0) is 12.4. The number of imidazole rings is 1. The lowest BCUT2D eigenvalue weighted by molar-refractivity contribution is 0.644. The van der Waals surface area contributed by atoms with E-state index in [1.807, 2.05) is 36.4 Å². The van der Waals surface area contributed by atoms with Crippen molar-refractivity contribution in [3.05, 3.63) is 54.2 Å². The van der Waals surface area contributed by atoms with Crippen LogP contribution in [0.15, 0.2) is 48.6 Å². The molecule has 1 unspecified atom stereocenters. The normalized spacial score (nSPS) is 12.5. The minimum Gasteiger partial charge on any atom is -0.323 e. The van der Waals surface area contributed by atoms with Crippen LogP contribution in [0.25, 0.3) is 10.7 Å². The Hall–Kier alpha value is -2.01. The molecule has 0 aliphatic heterocycles. The fourth-order valence-corrected chi connectivity index (χ4v) is 2.55. The van der Waals surface area contributed by atoms with Gasteiger partial charge in [0, 0.05) is 31.0 Å². The quantitative estimate of drug-likeness (QED) is 0.723. The lowest BCUT2D eigenvalue weighted by Crippen LogP contribution is -2.07. The third kappa shape index (κ3) is 1.93. The summed E-state index contributed by atoms with van der Waals surface area (Å²) in [7, 11) is 0. The Morgan fingerprint density at radius 2 is 2.17 bits per heavy atom. The van der Waals surface area contributed by atoms with E-state index in [9.17, 15) is 0 Å². The lowest BCUT2D eigenvalue weighted by atomic mass is 10.1. The molecule has 0 saturated heterocycles. The molecule has 3 heterocycles. The van der Waals surface area contributed by atoms with Crippen LogP contribution in [0, 0.1) is 0 Å². The highest BCUT2D eigenvalue weighted by molar-refractivity contribution is 7.13. The van der Waals surface area contributed by atoms with Crippen molar-refractivity contribution in [2.24, 2.45) is 0 Å². The molecule has 0 saturated carbocycles. The van der Waals surface area contributed by atoms with Crippen molar-refractivity contribution in [2.45, 2.75) is 13.0 Å². The summed E-state index contributed by atoms with van der Waals surface area (Å²) in [5.74, 6) is 0.953. The SMILES string of the molecule is CC(c1cccnc1)n1ccnc1-c1cncs1. The van der Waals surface area contributed by atoms with E-state index in [4.69, 9.17) is 0 Å². The Morgan fingerprint density at radius 3 is 2.89 bits per heavy atom. The predicted octanol–water partition coefficient (Wildman–Crippen LogP) is 3.01. The maximum Gasteiger partial charge on any atom is 0.152 e. The molecule has 3 aromatic rings. The van der Waals surface area contributed by atoms with Gasteiger partial charge < -0.3 is 4.57 Å². The molecule has 1 atom stereocenters. The highest BCUT2D eigenvalue weighted by Gasteiger charge is 2.14. The minimum atomic E-state index is 0.207. The molecule has 0 spiro atoms. The molecule has 0 amide bonds. The summed E-state index contributed by atoms with van der Waals surface area (Å²) < 4.78 is 2.14. The van der Waals surface area contributed by atoms with Gasteiger partial charge in [-0.3, -0.25) is 9.97 Å². The average Bonchev–Trinajstić information content (AvgIpc) is 3.09. The van der Waals surface area contributed by atoms with E-state index in [1.165, 1.54) is 5.56 Å². The van der Waals surface area contributed by atoms with Gasteiger partial charge in [0.25, 0.3) is 0 Å². The van der Waals surface area contributed by atoms with Crippen LogP contribution >= 0.6 is 11.3 Å². The Balaban J connectivity index is 2.01.